The zero-order valence-electron chi connectivity index (χ0n) is 19.0. The van der Waals surface area contributed by atoms with E-state index in [0.717, 1.165) is 0 Å². The third-order valence-electron chi connectivity index (χ3n) is 4.94. The number of para-hydroxylation sites is 1. The summed E-state index contributed by atoms with van der Waals surface area (Å²) in [6.07, 6.45) is 0. The third kappa shape index (κ3) is 5.90. The maximum atomic E-state index is 12.5. The van der Waals surface area contributed by atoms with E-state index in [-0.39, 0.29) is 13.2 Å². The van der Waals surface area contributed by atoms with Crippen LogP contribution in [0.3, 0.4) is 0 Å². The summed E-state index contributed by atoms with van der Waals surface area (Å²) >= 11 is 5.26. The molecule has 3 N–H and O–H groups in total. The molecule has 9 nitrogen and oxygen atoms in total. The minimum atomic E-state index is -0.615. The number of rotatable bonds is 8. The van der Waals surface area contributed by atoms with E-state index in [0.29, 0.717) is 38.9 Å². The second kappa shape index (κ2) is 11.3. The van der Waals surface area contributed by atoms with Gasteiger partial charge in [0.15, 0.2) is 11.7 Å². The monoisotopic (exact) mass is 483 g/mol. The lowest BCUT2D eigenvalue weighted by atomic mass is 9.95. The van der Waals surface area contributed by atoms with Gasteiger partial charge in [0, 0.05) is 16.9 Å². The summed E-state index contributed by atoms with van der Waals surface area (Å²) in [6, 6.07) is 12.8. The molecule has 0 fully saturated rings. The fraction of sp³-hybridized carbons (Fsp3) is 0.250. The number of carbonyl (C=O) groups is 3. The summed E-state index contributed by atoms with van der Waals surface area (Å²) in [5, 5.41) is 9.06. The highest BCUT2D eigenvalue weighted by molar-refractivity contribution is 7.80. The van der Waals surface area contributed by atoms with Gasteiger partial charge >= 0.3 is 11.9 Å². The Morgan fingerprint density at radius 1 is 1.06 bits per heavy atom. The predicted octanol–water partition coefficient (Wildman–Crippen LogP) is 2.85. The van der Waals surface area contributed by atoms with Gasteiger partial charge < -0.3 is 30.2 Å². The van der Waals surface area contributed by atoms with Crippen LogP contribution >= 0.6 is 12.2 Å². The van der Waals surface area contributed by atoms with Crippen molar-refractivity contribution in [3.05, 3.63) is 70.9 Å². The van der Waals surface area contributed by atoms with Gasteiger partial charge in [0.2, 0.25) is 0 Å². The zero-order valence-corrected chi connectivity index (χ0v) is 19.8. The molecule has 2 aromatic carbocycles. The van der Waals surface area contributed by atoms with Gasteiger partial charge in [0.05, 0.1) is 30.9 Å². The van der Waals surface area contributed by atoms with Crippen molar-refractivity contribution in [1.29, 1.82) is 0 Å². The second-order valence-corrected chi connectivity index (χ2v) is 7.64. The molecule has 0 aromatic heterocycles. The van der Waals surface area contributed by atoms with Crippen LogP contribution in [0.15, 0.2) is 59.8 Å². The highest BCUT2D eigenvalue weighted by Gasteiger charge is 2.32. The molecule has 0 saturated carbocycles. The Bertz CT molecular complexity index is 1130. The zero-order chi connectivity index (χ0) is 24.7. The van der Waals surface area contributed by atoms with Gasteiger partial charge in [-0.1, -0.05) is 18.2 Å². The Kier molecular flexibility index (Phi) is 8.20. The molecule has 1 atom stereocenters. The van der Waals surface area contributed by atoms with Gasteiger partial charge in [-0.15, -0.1) is 0 Å². The molecule has 34 heavy (non-hydrogen) atoms. The standard InChI is InChI=1S/C24H25N3O6S/c1-4-32-22(29)15-9-11-16(12-10-15)26-19(28)13-33-18-8-6-5-7-17(18)21-20(23(30)31-3)14(2)25-24(34)27-21/h5-12,21H,4,13H2,1-3H3,(H,26,28)(H2,25,27,34)/t21-/m1/s1. The van der Waals surface area contributed by atoms with E-state index in [1.807, 2.05) is 0 Å². The molecular formula is C24H25N3O6S. The van der Waals surface area contributed by atoms with Crippen molar-refractivity contribution >= 4 is 40.9 Å². The van der Waals surface area contributed by atoms with Crippen LogP contribution in [0, 0.1) is 0 Å². The number of ether oxygens (including phenoxy) is 3. The van der Waals surface area contributed by atoms with E-state index < -0.39 is 23.9 Å². The van der Waals surface area contributed by atoms with Crippen LogP contribution < -0.4 is 20.7 Å². The normalized spacial score (nSPS) is 15.0. The second-order valence-electron chi connectivity index (χ2n) is 7.23. The van der Waals surface area contributed by atoms with Crippen molar-refractivity contribution in [1.82, 2.24) is 10.6 Å². The lowest BCUT2D eigenvalue weighted by Gasteiger charge is -2.30. The topological polar surface area (TPSA) is 115 Å². The first kappa shape index (κ1) is 24.7. The van der Waals surface area contributed by atoms with Crippen molar-refractivity contribution in [2.24, 2.45) is 0 Å². The number of amides is 1. The summed E-state index contributed by atoms with van der Waals surface area (Å²) in [5.74, 6) is -0.926. The molecule has 3 rings (SSSR count). The quantitative estimate of drug-likeness (QED) is 0.385. The Balaban J connectivity index is 1.71. The average molecular weight is 484 g/mol. The minimum Gasteiger partial charge on any atom is -0.483 e. The number of hydrogen-bond donors (Lipinski definition) is 3. The molecule has 0 saturated heterocycles. The molecular weight excluding hydrogens is 458 g/mol. The van der Waals surface area contributed by atoms with E-state index in [4.69, 9.17) is 26.4 Å². The number of esters is 2. The fourth-order valence-electron chi connectivity index (χ4n) is 3.40. The summed E-state index contributed by atoms with van der Waals surface area (Å²) in [7, 11) is 1.30. The number of thiocarbonyl (C=S) groups is 1. The lowest BCUT2D eigenvalue weighted by molar-refractivity contribution is -0.136. The van der Waals surface area contributed by atoms with E-state index in [9.17, 15) is 14.4 Å². The van der Waals surface area contributed by atoms with Crippen LogP contribution in [0.1, 0.15) is 35.8 Å². The molecule has 0 bridgehead atoms. The van der Waals surface area contributed by atoms with Gasteiger partial charge in [0.25, 0.3) is 5.91 Å². The highest BCUT2D eigenvalue weighted by Crippen LogP contribution is 2.33. The largest absolute Gasteiger partial charge is 0.483 e. The molecule has 10 heteroatoms. The van der Waals surface area contributed by atoms with Crippen molar-refractivity contribution in [3.8, 4) is 5.75 Å². The Morgan fingerprint density at radius 3 is 2.44 bits per heavy atom. The third-order valence-corrected chi connectivity index (χ3v) is 5.16. The molecule has 178 valence electrons. The maximum Gasteiger partial charge on any atom is 0.338 e. The molecule has 1 amide bonds. The van der Waals surface area contributed by atoms with Crippen molar-refractivity contribution < 1.29 is 28.6 Å². The summed E-state index contributed by atoms with van der Waals surface area (Å²) in [6.45, 7) is 3.47. The van der Waals surface area contributed by atoms with E-state index in [1.54, 1.807) is 62.4 Å². The number of hydrogen-bond acceptors (Lipinski definition) is 7. The molecule has 1 aliphatic rings. The summed E-state index contributed by atoms with van der Waals surface area (Å²) < 4.78 is 15.7. The number of methoxy groups -OCH3 is 1. The lowest BCUT2D eigenvalue weighted by Crippen LogP contribution is -2.45. The molecule has 1 heterocycles. The number of anilines is 1. The van der Waals surface area contributed by atoms with Crippen LogP contribution in [-0.4, -0.2) is 43.3 Å². The van der Waals surface area contributed by atoms with Gasteiger partial charge in [-0.25, -0.2) is 9.59 Å². The molecule has 0 spiro atoms. The minimum absolute atomic E-state index is 0.275. The Hall–Kier alpha value is -3.92. The van der Waals surface area contributed by atoms with Crippen molar-refractivity contribution in [3.63, 3.8) is 0 Å². The first-order valence-electron chi connectivity index (χ1n) is 10.5. The number of benzene rings is 2. The van der Waals surface area contributed by atoms with E-state index in [1.165, 1.54) is 7.11 Å². The van der Waals surface area contributed by atoms with Crippen LogP contribution in [0.2, 0.25) is 0 Å². The average Bonchev–Trinajstić information content (AvgIpc) is 2.82. The molecule has 1 aliphatic heterocycles. The van der Waals surface area contributed by atoms with Crippen molar-refractivity contribution in [2.75, 3.05) is 25.6 Å². The summed E-state index contributed by atoms with van der Waals surface area (Å²) in [4.78, 5) is 36.6. The van der Waals surface area contributed by atoms with Crippen LogP contribution in [-0.2, 0) is 19.1 Å². The number of allylic oxidation sites excluding steroid dienone is 1. The van der Waals surface area contributed by atoms with E-state index >= 15 is 0 Å². The van der Waals surface area contributed by atoms with E-state index in [2.05, 4.69) is 16.0 Å². The van der Waals surface area contributed by atoms with Gasteiger partial charge in [-0.3, -0.25) is 4.79 Å². The van der Waals surface area contributed by atoms with Crippen molar-refractivity contribution in [2.45, 2.75) is 19.9 Å². The fourth-order valence-corrected chi connectivity index (χ4v) is 3.67. The van der Waals surface area contributed by atoms with Crippen LogP contribution in [0.4, 0.5) is 5.69 Å². The Labute approximate surface area is 202 Å². The van der Waals surface area contributed by atoms with Crippen LogP contribution in [0.5, 0.6) is 5.75 Å². The Morgan fingerprint density at radius 2 is 1.76 bits per heavy atom. The number of nitrogens with one attached hydrogen (secondary N) is 3. The number of carbonyl (C=O) groups excluding carboxylic acids is 3. The van der Waals surface area contributed by atoms with Gasteiger partial charge in [-0.05, 0) is 56.4 Å². The highest BCUT2D eigenvalue weighted by atomic mass is 32.1. The molecule has 0 aliphatic carbocycles. The molecule has 0 radical (unpaired) electrons. The van der Waals surface area contributed by atoms with Gasteiger partial charge in [-0.2, -0.15) is 0 Å². The smallest absolute Gasteiger partial charge is 0.338 e. The molecule has 0 unspecified atom stereocenters. The van der Waals surface area contributed by atoms with Gasteiger partial charge in [0.1, 0.15) is 5.75 Å². The first-order chi connectivity index (χ1) is 16.3. The van der Waals surface area contributed by atoms with Crippen LogP contribution in [0.25, 0.3) is 0 Å². The maximum absolute atomic E-state index is 12.5. The predicted molar refractivity (Wildman–Crippen MR) is 129 cm³/mol. The molecule has 2 aromatic rings. The SMILES string of the molecule is CCOC(=O)c1ccc(NC(=O)COc2ccccc2[C@H]2NC(=S)NC(C)=C2C(=O)OC)cc1. The first-order valence-corrected chi connectivity index (χ1v) is 10.9. The summed E-state index contributed by atoms with van der Waals surface area (Å²) in [5.41, 5.74) is 2.45.